The molecule has 0 aromatic rings. The van der Waals surface area contributed by atoms with Crippen LogP contribution in [0.1, 0.15) is 20.3 Å². The SMILES string of the molecule is CC#CC[C@@H](C)/C=C/I. The van der Waals surface area contributed by atoms with E-state index in [1.54, 1.807) is 0 Å². The lowest BCUT2D eigenvalue weighted by atomic mass is 10.1. The Morgan fingerprint density at radius 1 is 1.67 bits per heavy atom. The molecule has 0 heterocycles. The van der Waals surface area contributed by atoms with Gasteiger partial charge in [0.2, 0.25) is 0 Å². The Labute approximate surface area is 70.9 Å². The van der Waals surface area contributed by atoms with Crippen LogP contribution in [-0.4, -0.2) is 0 Å². The Morgan fingerprint density at radius 3 is 2.78 bits per heavy atom. The van der Waals surface area contributed by atoms with Crippen molar-refractivity contribution in [1.29, 1.82) is 0 Å². The molecule has 0 N–H and O–H groups in total. The highest BCUT2D eigenvalue weighted by atomic mass is 127. The molecule has 0 unspecified atom stereocenters. The van der Waals surface area contributed by atoms with E-state index in [9.17, 15) is 0 Å². The van der Waals surface area contributed by atoms with E-state index in [4.69, 9.17) is 0 Å². The second-order valence-corrected chi connectivity index (χ2v) is 2.65. The summed E-state index contributed by atoms with van der Waals surface area (Å²) in [5.74, 6) is 6.50. The molecule has 0 radical (unpaired) electrons. The maximum atomic E-state index is 3.03. The largest absolute Gasteiger partial charge is 0.107 e. The number of halogens is 1. The zero-order valence-corrected chi connectivity index (χ0v) is 7.97. The highest BCUT2D eigenvalue weighted by molar-refractivity contribution is 14.1. The minimum absolute atomic E-state index is 0.606. The lowest BCUT2D eigenvalue weighted by Crippen LogP contribution is -1.84. The molecule has 0 saturated heterocycles. The van der Waals surface area contributed by atoms with E-state index in [1.807, 2.05) is 11.0 Å². The first kappa shape index (κ1) is 9.03. The fourth-order valence-corrected chi connectivity index (χ4v) is 1.16. The predicted octanol–water partition coefficient (Wildman–Crippen LogP) is 2.98. The number of rotatable bonds is 2. The first-order valence-corrected chi connectivity index (χ1v) is 4.22. The second kappa shape index (κ2) is 6.15. The molecular weight excluding hydrogens is 223 g/mol. The van der Waals surface area contributed by atoms with Gasteiger partial charge in [-0.1, -0.05) is 35.6 Å². The third-order valence-corrected chi connectivity index (χ3v) is 1.42. The van der Waals surface area contributed by atoms with Crippen LogP contribution in [0.4, 0.5) is 0 Å². The van der Waals surface area contributed by atoms with E-state index in [1.165, 1.54) is 0 Å². The Morgan fingerprint density at radius 2 is 2.33 bits per heavy atom. The molecule has 0 aliphatic carbocycles. The third-order valence-electron chi connectivity index (χ3n) is 1.00. The van der Waals surface area contributed by atoms with E-state index in [2.05, 4.69) is 47.4 Å². The molecule has 0 amide bonds. The van der Waals surface area contributed by atoms with Gasteiger partial charge in [-0.3, -0.25) is 0 Å². The molecule has 1 heteroatoms. The number of hydrogen-bond acceptors (Lipinski definition) is 0. The van der Waals surface area contributed by atoms with Crippen LogP contribution in [0.2, 0.25) is 0 Å². The molecular formula is C8H11I. The van der Waals surface area contributed by atoms with Crippen LogP contribution in [-0.2, 0) is 0 Å². The van der Waals surface area contributed by atoms with Gasteiger partial charge in [-0.25, -0.2) is 0 Å². The summed E-state index contributed by atoms with van der Waals surface area (Å²) in [6.07, 6.45) is 3.14. The van der Waals surface area contributed by atoms with Crippen LogP contribution >= 0.6 is 22.6 Å². The summed E-state index contributed by atoms with van der Waals surface area (Å²) in [4.78, 5) is 0. The van der Waals surface area contributed by atoms with E-state index >= 15 is 0 Å². The molecule has 0 spiro atoms. The summed E-state index contributed by atoms with van der Waals surface area (Å²) >= 11 is 2.23. The highest BCUT2D eigenvalue weighted by Gasteiger charge is 1.89. The van der Waals surface area contributed by atoms with E-state index in [-0.39, 0.29) is 0 Å². The third kappa shape index (κ3) is 5.91. The monoisotopic (exact) mass is 234 g/mol. The minimum atomic E-state index is 0.606. The van der Waals surface area contributed by atoms with Crippen LogP contribution in [0.5, 0.6) is 0 Å². The van der Waals surface area contributed by atoms with Crippen LogP contribution in [0.15, 0.2) is 10.2 Å². The molecule has 0 fully saturated rings. The lowest BCUT2D eigenvalue weighted by molar-refractivity contribution is 0.761. The van der Waals surface area contributed by atoms with Gasteiger partial charge in [-0.2, -0.15) is 0 Å². The summed E-state index contributed by atoms with van der Waals surface area (Å²) in [5.41, 5.74) is 0. The van der Waals surface area contributed by atoms with Crippen molar-refractivity contribution >= 4 is 22.6 Å². The smallest absolute Gasteiger partial charge is 0.0149 e. The standard InChI is InChI=1S/C8H11I/c1-3-4-5-8(2)6-7-9/h6-8H,5H2,1-2H3/b7-6+/t8-/m1/s1. The molecule has 1 atom stereocenters. The molecule has 50 valence electrons. The van der Waals surface area contributed by atoms with Crippen molar-refractivity contribution in [3.8, 4) is 11.8 Å². The molecule has 0 aromatic carbocycles. The van der Waals surface area contributed by atoms with Gasteiger partial charge < -0.3 is 0 Å². The Balaban J connectivity index is 3.46. The fraction of sp³-hybridized carbons (Fsp3) is 0.500. The maximum absolute atomic E-state index is 3.03. The zero-order chi connectivity index (χ0) is 7.11. The zero-order valence-electron chi connectivity index (χ0n) is 5.82. The van der Waals surface area contributed by atoms with Crippen LogP contribution in [0, 0.1) is 17.8 Å². The Bertz CT molecular complexity index is 136. The van der Waals surface area contributed by atoms with E-state index in [0.717, 1.165) is 6.42 Å². The van der Waals surface area contributed by atoms with E-state index < -0.39 is 0 Å². The van der Waals surface area contributed by atoms with Gasteiger partial charge in [-0.05, 0) is 16.9 Å². The summed E-state index contributed by atoms with van der Waals surface area (Å²) in [6.45, 7) is 4.04. The highest BCUT2D eigenvalue weighted by Crippen LogP contribution is 2.03. The maximum Gasteiger partial charge on any atom is 0.0149 e. The predicted molar refractivity (Wildman–Crippen MR) is 50.4 cm³/mol. The number of allylic oxidation sites excluding steroid dienone is 1. The summed E-state index contributed by atoms with van der Waals surface area (Å²) in [7, 11) is 0. The molecule has 0 aromatic heterocycles. The molecule has 0 bridgehead atoms. The normalized spacial score (nSPS) is 12.8. The average molecular weight is 234 g/mol. The minimum Gasteiger partial charge on any atom is -0.107 e. The van der Waals surface area contributed by atoms with Crippen molar-refractivity contribution < 1.29 is 0 Å². The van der Waals surface area contributed by atoms with Crippen molar-refractivity contribution in [2.45, 2.75) is 20.3 Å². The molecule has 0 saturated carbocycles. The first-order chi connectivity index (χ1) is 4.31. The molecule has 9 heavy (non-hydrogen) atoms. The van der Waals surface area contributed by atoms with Crippen molar-refractivity contribution in [3.63, 3.8) is 0 Å². The average Bonchev–Trinajstić information content (AvgIpc) is 1.85. The summed E-state index contributed by atoms with van der Waals surface area (Å²) in [6, 6.07) is 0. The van der Waals surface area contributed by atoms with Gasteiger partial charge in [0.1, 0.15) is 0 Å². The van der Waals surface area contributed by atoms with Gasteiger partial charge in [0.25, 0.3) is 0 Å². The van der Waals surface area contributed by atoms with Gasteiger partial charge in [0, 0.05) is 6.42 Å². The van der Waals surface area contributed by atoms with Crippen LogP contribution < -0.4 is 0 Å². The van der Waals surface area contributed by atoms with Crippen LogP contribution in [0.3, 0.4) is 0 Å². The van der Waals surface area contributed by atoms with Gasteiger partial charge in [-0.15, -0.1) is 11.8 Å². The van der Waals surface area contributed by atoms with Gasteiger partial charge in [0.05, 0.1) is 0 Å². The van der Waals surface area contributed by atoms with Gasteiger partial charge in [0.15, 0.2) is 0 Å². The summed E-state index contributed by atoms with van der Waals surface area (Å²) < 4.78 is 2.04. The van der Waals surface area contributed by atoms with E-state index in [0.29, 0.717) is 5.92 Å². The molecule has 0 aliphatic rings. The lowest BCUT2D eigenvalue weighted by Gasteiger charge is -1.95. The quantitative estimate of drug-likeness (QED) is 0.509. The molecule has 0 aliphatic heterocycles. The van der Waals surface area contributed by atoms with Crippen LogP contribution in [0.25, 0.3) is 0 Å². The van der Waals surface area contributed by atoms with Crippen molar-refractivity contribution in [2.24, 2.45) is 5.92 Å². The molecule has 0 nitrogen and oxygen atoms in total. The Kier molecular flexibility index (Phi) is 6.18. The number of hydrogen-bond donors (Lipinski definition) is 0. The van der Waals surface area contributed by atoms with Crippen molar-refractivity contribution in [1.82, 2.24) is 0 Å². The second-order valence-electron chi connectivity index (χ2n) is 1.93. The van der Waals surface area contributed by atoms with Gasteiger partial charge >= 0.3 is 0 Å². The Hall–Kier alpha value is 0.0300. The van der Waals surface area contributed by atoms with Crippen molar-refractivity contribution in [2.75, 3.05) is 0 Å². The first-order valence-electron chi connectivity index (χ1n) is 2.97. The fourth-order valence-electron chi connectivity index (χ4n) is 0.455. The molecule has 0 rings (SSSR count). The topological polar surface area (TPSA) is 0 Å². The summed E-state index contributed by atoms with van der Waals surface area (Å²) in [5, 5.41) is 0. The van der Waals surface area contributed by atoms with Crippen molar-refractivity contribution in [3.05, 3.63) is 10.2 Å².